The van der Waals surface area contributed by atoms with Crippen LogP contribution in [0.1, 0.15) is 21.6 Å². The van der Waals surface area contributed by atoms with Crippen molar-refractivity contribution in [1.82, 2.24) is 4.98 Å². The molecule has 5 rings (SSSR count). The van der Waals surface area contributed by atoms with Crippen molar-refractivity contribution in [2.24, 2.45) is 0 Å². The predicted octanol–water partition coefficient (Wildman–Crippen LogP) is 6.55. The van der Waals surface area contributed by atoms with Gasteiger partial charge in [0.2, 0.25) is 0 Å². The Morgan fingerprint density at radius 1 is 0.757 bits per heavy atom. The fourth-order valence-electron chi connectivity index (χ4n) is 4.00. The molecule has 0 saturated carbocycles. The van der Waals surface area contributed by atoms with Crippen molar-refractivity contribution in [2.45, 2.75) is 13.2 Å². The smallest absolute Gasteiger partial charge is 0.338 e. The molecule has 5 aromatic rings. The number of pyridine rings is 1. The zero-order valence-electron chi connectivity index (χ0n) is 20.3. The van der Waals surface area contributed by atoms with E-state index in [1.54, 1.807) is 6.07 Å². The first-order valence-corrected chi connectivity index (χ1v) is 11.8. The molecule has 6 nitrogen and oxygen atoms in total. The van der Waals surface area contributed by atoms with Crippen LogP contribution in [0.4, 0.5) is 0 Å². The highest BCUT2D eigenvalue weighted by Gasteiger charge is 2.10. The van der Waals surface area contributed by atoms with E-state index in [-0.39, 0.29) is 17.9 Å². The number of carbonyl (C=O) groups excluding carboxylic acids is 1. The molecule has 0 amide bonds. The number of fused-ring (bicyclic) bond motifs is 1. The lowest BCUT2D eigenvalue weighted by Crippen LogP contribution is -2.02. The number of methoxy groups -OCH3 is 1. The molecule has 0 bridgehead atoms. The van der Waals surface area contributed by atoms with Gasteiger partial charge in [-0.3, -0.25) is 0 Å². The first kappa shape index (κ1) is 23.9. The number of esters is 1. The van der Waals surface area contributed by atoms with Crippen LogP contribution in [0.5, 0.6) is 17.2 Å². The predicted molar refractivity (Wildman–Crippen MR) is 142 cm³/mol. The molecule has 1 aromatic heterocycles. The summed E-state index contributed by atoms with van der Waals surface area (Å²) in [5.41, 5.74) is 5.09. The SMILES string of the molecule is COC(=O)c1cc(O)cc(OCc2cccc(-c3ccc(OCc4ccc5ccccc5n4)cc3)c2)c1. The Morgan fingerprint density at radius 2 is 1.57 bits per heavy atom. The van der Waals surface area contributed by atoms with Crippen molar-refractivity contribution in [2.75, 3.05) is 7.11 Å². The summed E-state index contributed by atoms with van der Waals surface area (Å²) in [5, 5.41) is 11.0. The minimum atomic E-state index is -0.538. The third kappa shape index (κ3) is 5.87. The van der Waals surface area contributed by atoms with E-state index in [0.717, 1.165) is 39.0 Å². The lowest BCUT2D eigenvalue weighted by molar-refractivity contribution is 0.0599. The summed E-state index contributed by atoms with van der Waals surface area (Å²) in [6.07, 6.45) is 0. The van der Waals surface area contributed by atoms with E-state index in [4.69, 9.17) is 14.2 Å². The van der Waals surface area contributed by atoms with Gasteiger partial charge in [-0.2, -0.15) is 0 Å². The molecule has 0 fully saturated rings. The Kier molecular flexibility index (Phi) is 6.99. The van der Waals surface area contributed by atoms with E-state index < -0.39 is 5.97 Å². The van der Waals surface area contributed by atoms with Crippen molar-refractivity contribution >= 4 is 16.9 Å². The van der Waals surface area contributed by atoms with E-state index in [2.05, 4.69) is 11.1 Å². The van der Waals surface area contributed by atoms with Gasteiger partial charge in [0.05, 0.1) is 23.9 Å². The molecule has 0 saturated heterocycles. The van der Waals surface area contributed by atoms with Crippen molar-refractivity contribution in [3.05, 3.63) is 120 Å². The van der Waals surface area contributed by atoms with Crippen LogP contribution in [0.25, 0.3) is 22.0 Å². The Morgan fingerprint density at radius 3 is 2.41 bits per heavy atom. The molecule has 0 atom stereocenters. The average molecular weight is 492 g/mol. The third-order valence-corrected chi connectivity index (χ3v) is 5.88. The second-order valence-electron chi connectivity index (χ2n) is 8.50. The van der Waals surface area contributed by atoms with E-state index in [0.29, 0.717) is 12.4 Å². The summed E-state index contributed by atoms with van der Waals surface area (Å²) in [7, 11) is 1.29. The number of hydrogen-bond donors (Lipinski definition) is 1. The number of nitrogens with zero attached hydrogens (tertiary/aromatic N) is 1. The van der Waals surface area contributed by atoms with Crippen LogP contribution >= 0.6 is 0 Å². The highest BCUT2D eigenvalue weighted by Crippen LogP contribution is 2.26. The summed E-state index contributed by atoms with van der Waals surface area (Å²) >= 11 is 0. The number of ether oxygens (including phenoxy) is 3. The van der Waals surface area contributed by atoms with Gasteiger partial charge in [0.25, 0.3) is 0 Å². The largest absolute Gasteiger partial charge is 0.508 e. The standard InChI is InChI=1S/C31H25NO5/c1-35-31(34)25-16-27(33)18-29(17-25)36-19-21-5-4-7-24(15-21)22-10-13-28(14-11-22)37-20-26-12-9-23-6-2-3-8-30(23)32-26/h2-18,33H,19-20H2,1H3. The van der Waals surface area contributed by atoms with Crippen molar-refractivity contribution in [1.29, 1.82) is 0 Å². The van der Waals surface area contributed by atoms with Gasteiger partial charge in [0.1, 0.15) is 30.5 Å². The zero-order valence-corrected chi connectivity index (χ0v) is 20.3. The number of hydrogen-bond acceptors (Lipinski definition) is 6. The van der Waals surface area contributed by atoms with Crippen LogP contribution < -0.4 is 9.47 Å². The monoisotopic (exact) mass is 491 g/mol. The highest BCUT2D eigenvalue weighted by molar-refractivity contribution is 5.90. The fourth-order valence-corrected chi connectivity index (χ4v) is 4.00. The van der Waals surface area contributed by atoms with Crippen molar-refractivity contribution in [3.63, 3.8) is 0 Å². The number of para-hydroxylation sites is 1. The second-order valence-corrected chi connectivity index (χ2v) is 8.50. The quantitative estimate of drug-likeness (QED) is 0.248. The molecule has 1 heterocycles. The zero-order chi connectivity index (χ0) is 25.6. The van der Waals surface area contributed by atoms with Crippen LogP contribution in [0.3, 0.4) is 0 Å². The Bertz CT molecular complexity index is 1550. The first-order valence-electron chi connectivity index (χ1n) is 11.8. The first-order chi connectivity index (χ1) is 18.1. The molecule has 0 radical (unpaired) electrons. The highest BCUT2D eigenvalue weighted by atomic mass is 16.5. The molecule has 6 heteroatoms. The minimum absolute atomic E-state index is 0.0645. The normalized spacial score (nSPS) is 10.7. The molecular formula is C31H25NO5. The maximum absolute atomic E-state index is 11.8. The van der Waals surface area contributed by atoms with E-state index in [1.807, 2.05) is 78.9 Å². The van der Waals surface area contributed by atoms with Crippen molar-refractivity contribution < 1.29 is 24.1 Å². The summed E-state index contributed by atoms with van der Waals surface area (Å²) in [6, 6.07) is 32.3. The molecule has 0 aliphatic heterocycles. The number of benzene rings is 4. The molecule has 0 aliphatic carbocycles. The van der Waals surface area contributed by atoms with Crippen LogP contribution in [-0.4, -0.2) is 23.2 Å². The van der Waals surface area contributed by atoms with Gasteiger partial charge >= 0.3 is 5.97 Å². The lowest BCUT2D eigenvalue weighted by Gasteiger charge is -2.11. The number of rotatable bonds is 8. The van der Waals surface area contributed by atoms with Gasteiger partial charge in [0, 0.05) is 11.5 Å². The molecule has 0 aliphatic rings. The maximum Gasteiger partial charge on any atom is 0.338 e. The Labute approximate surface area is 214 Å². The molecule has 1 N–H and O–H groups in total. The van der Waals surface area contributed by atoms with Gasteiger partial charge in [-0.25, -0.2) is 9.78 Å². The number of phenolic OH excluding ortho intramolecular Hbond substituents is 1. The Hall–Kier alpha value is -4.84. The number of carbonyl (C=O) groups is 1. The average Bonchev–Trinajstić information content (AvgIpc) is 2.94. The molecule has 37 heavy (non-hydrogen) atoms. The molecule has 0 spiro atoms. The number of aromatic hydroxyl groups is 1. The summed E-state index contributed by atoms with van der Waals surface area (Å²) in [6.45, 7) is 0.668. The summed E-state index contributed by atoms with van der Waals surface area (Å²) in [4.78, 5) is 16.4. The van der Waals surface area contributed by atoms with E-state index >= 15 is 0 Å². The fraction of sp³-hybridized carbons (Fsp3) is 0.0968. The van der Waals surface area contributed by atoms with E-state index in [1.165, 1.54) is 19.2 Å². The third-order valence-electron chi connectivity index (χ3n) is 5.88. The molecule has 184 valence electrons. The summed E-state index contributed by atoms with van der Waals surface area (Å²) in [5.74, 6) is 0.547. The Balaban J connectivity index is 1.22. The van der Waals surface area contributed by atoms with Gasteiger partial charge in [-0.15, -0.1) is 0 Å². The van der Waals surface area contributed by atoms with Crippen molar-refractivity contribution in [3.8, 4) is 28.4 Å². The van der Waals surface area contributed by atoms with Gasteiger partial charge in [-0.05, 0) is 59.2 Å². The van der Waals surface area contributed by atoms with E-state index in [9.17, 15) is 9.90 Å². The van der Waals surface area contributed by atoms with Crippen LogP contribution in [0.2, 0.25) is 0 Å². The molecule has 4 aromatic carbocycles. The van der Waals surface area contributed by atoms with Gasteiger partial charge in [0.15, 0.2) is 0 Å². The lowest BCUT2D eigenvalue weighted by atomic mass is 10.0. The number of aromatic nitrogens is 1. The van der Waals surface area contributed by atoms with Crippen LogP contribution in [-0.2, 0) is 18.0 Å². The minimum Gasteiger partial charge on any atom is -0.508 e. The second kappa shape index (κ2) is 10.8. The topological polar surface area (TPSA) is 77.9 Å². The van der Waals surface area contributed by atoms with Crippen LogP contribution in [0, 0.1) is 0 Å². The van der Waals surface area contributed by atoms with Crippen LogP contribution in [0.15, 0.2) is 103 Å². The van der Waals surface area contributed by atoms with Gasteiger partial charge < -0.3 is 19.3 Å². The molecule has 0 unspecified atom stereocenters. The maximum atomic E-state index is 11.8. The number of phenols is 1. The molecular weight excluding hydrogens is 466 g/mol. The summed E-state index contributed by atoms with van der Waals surface area (Å²) < 4.78 is 16.5. The van der Waals surface area contributed by atoms with Gasteiger partial charge in [-0.1, -0.05) is 54.6 Å².